The van der Waals surface area contributed by atoms with Gasteiger partial charge in [0.15, 0.2) is 5.13 Å². The number of hydrogen-bond acceptors (Lipinski definition) is 6. The van der Waals surface area contributed by atoms with E-state index in [-0.39, 0.29) is 5.91 Å². The number of aromatic nitrogens is 1. The zero-order valence-electron chi connectivity index (χ0n) is 15.9. The number of halogens is 1. The topological polar surface area (TPSA) is 45.7 Å². The molecule has 0 saturated carbocycles. The molecule has 5 nitrogen and oxygen atoms in total. The lowest BCUT2D eigenvalue weighted by molar-refractivity contribution is -0.114. The van der Waals surface area contributed by atoms with Crippen LogP contribution in [0.5, 0.6) is 0 Å². The van der Waals surface area contributed by atoms with Crippen LogP contribution in [0.3, 0.4) is 0 Å². The molecule has 3 aromatic rings. The van der Waals surface area contributed by atoms with Gasteiger partial charge in [-0.15, -0.1) is 11.3 Å². The van der Waals surface area contributed by atoms with Crippen LogP contribution in [0.1, 0.15) is 11.3 Å². The van der Waals surface area contributed by atoms with E-state index in [2.05, 4.69) is 9.88 Å². The summed E-state index contributed by atoms with van der Waals surface area (Å²) in [5.74, 6) is -0.0597. The van der Waals surface area contributed by atoms with Gasteiger partial charge in [-0.3, -0.25) is 14.6 Å². The Bertz CT molecular complexity index is 981. The van der Waals surface area contributed by atoms with E-state index in [1.165, 1.54) is 11.3 Å². The molecule has 1 amide bonds. The second-order valence-electron chi connectivity index (χ2n) is 6.73. The van der Waals surface area contributed by atoms with Crippen molar-refractivity contribution in [2.45, 2.75) is 6.42 Å². The van der Waals surface area contributed by atoms with E-state index in [0.717, 1.165) is 54.4 Å². The fourth-order valence-electron chi connectivity index (χ4n) is 3.23. The summed E-state index contributed by atoms with van der Waals surface area (Å²) in [6.45, 7) is 5.01. The van der Waals surface area contributed by atoms with Gasteiger partial charge < -0.3 is 4.74 Å². The van der Waals surface area contributed by atoms with Crippen molar-refractivity contribution in [3.63, 3.8) is 0 Å². The minimum absolute atomic E-state index is 0.0597. The highest BCUT2D eigenvalue weighted by molar-refractivity contribution is 7.22. The summed E-state index contributed by atoms with van der Waals surface area (Å²) in [5.41, 5.74) is 0.752. The van der Waals surface area contributed by atoms with Crippen molar-refractivity contribution in [2.75, 3.05) is 44.3 Å². The van der Waals surface area contributed by atoms with Crippen LogP contribution in [-0.4, -0.2) is 55.2 Å². The summed E-state index contributed by atoms with van der Waals surface area (Å²) >= 11 is 9.41. The molecule has 0 atom stereocenters. The molecule has 4 rings (SSSR count). The van der Waals surface area contributed by atoms with Gasteiger partial charge in [-0.05, 0) is 36.1 Å². The molecule has 0 N–H and O–H groups in total. The molecule has 8 heteroatoms. The Morgan fingerprint density at radius 3 is 2.90 bits per heavy atom. The number of thiazole rings is 1. The molecule has 0 bridgehead atoms. The number of fused-ring (bicyclic) bond motifs is 1. The first-order chi connectivity index (χ1) is 14.2. The van der Waals surface area contributed by atoms with Gasteiger partial charge in [-0.1, -0.05) is 35.1 Å². The Hall–Kier alpha value is -1.77. The second kappa shape index (κ2) is 9.82. The molecular formula is C21H22ClN3O2S2. The average Bonchev–Trinajstić information content (AvgIpc) is 3.41. The normalized spacial score (nSPS) is 15.3. The molecule has 0 radical (unpaired) electrons. The lowest BCUT2D eigenvalue weighted by atomic mass is 10.3. The molecule has 0 aliphatic carbocycles. The smallest absolute Gasteiger partial charge is 0.252 e. The lowest BCUT2D eigenvalue weighted by Crippen LogP contribution is -2.39. The van der Waals surface area contributed by atoms with Crippen molar-refractivity contribution in [3.05, 3.63) is 51.7 Å². The maximum absolute atomic E-state index is 13.0. The molecule has 2 aromatic heterocycles. The lowest BCUT2D eigenvalue weighted by Gasteiger charge is -2.27. The van der Waals surface area contributed by atoms with Crippen LogP contribution in [0.25, 0.3) is 16.3 Å². The van der Waals surface area contributed by atoms with Crippen molar-refractivity contribution in [3.8, 4) is 0 Å². The fourth-order valence-corrected chi connectivity index (χ4v) is 5.14. The van der Waals surface area contributed by atoms with Gasteiger partial charge >= 0.3 is 0 Å². The summed E-state index contributed by atoms with van der Waals surface area (Å²) in [4.78, 5) is 22.9. The SMILES string of the molecule is O=C(/C=C/c1cccs1)N(CCCN1CCOCC1)c1nc2c(Cl)cccc2s1. The van der Waals surface area contributed by atoms with Crippen LogP contribution in [0.15, 0.2) is 41.8 Å². The predicted molar refractivity (Wildman–Crippen MR) is 122 cm³/mol. The number of benzene rings is 1. The van der Waals surface area contributed by atoms with Gasteiger partial charge in [-0.25, -0.2) is 4.98 Å². The Morgan fingerprint density at radius 1 is 1.28 bits per heavy atom. The zero-order valence-corrected chi connectivity index (χ0v) is 18.3. The van der Waals surface area contributed by atoms with Gasteiger partial charge in [0, 0.05) is 37.1 Å². The van der Waals surface area contributed by atoms with Gasteiger partial charge in [0.1, 0.15) is 5.52 Å². The number of carbonyl (C=O) groups is 1. The molecular weight excluding hydrogens is 426 g/mol. The summed E-state index contributed by atoms with van der Waals surface area (Å²) in [5, 5.41) is 3.30. The highest BCUT2D eigenvalue weighted by Gasteiger charge is 2.19. The molecule has 0 unspecified atom stereocenters. The summed E-state index contributed by atoms with van der Waals surface area (Å²) in [6.07, 6.45) is 4.37. The second-order valence-corrected chi connectivity index (χ2v) is 9.12. The Kier molecular flexibility index (Phi) is 6.94. The first-order valence-corrected chi connectivity index (χ1v) is 11.7. The van der Waals surface area contributed by atoms with E-state index in [1.807, 2.05) is 41.8 Å². The van der Waals surface area contributed by atoms with Gasteiger partial charge in [0.25, 0.3) is 5.91 Å². The fraction of sp³-hybridized carbons (Fsp3) is 0.333. The number of nitrogens with zero attached hydrogens (tertiary/aromatic N) is 3. The van der Waals surface area contributed by atoms with E-state index in [1.54, 1.807) is 22.3 Å². The van der Waals surface area contributed by atoms with Gasteiger partial charge in [0.2, 0.25) is 0 Å². The molecule has 3 heterocycles. The zero-order chi connectivity index (χ0) is 20.1. The number of rotatable bonds is 7. The number of para-hydroxylation sites is 1. The minimum Gasteiger partial charge on any atom is -0.379 e. The monoisotopic (exact) mass is 447 g/mol. The maximum atomic E-state index is 13.0. The quantitative estimate of drug-likeness (QED) is 0.489. The van der Waals surface area contributed by atoms with Crippen molar-refractivity contribution in [1.82, 2.24) is 9.88 Å². The molecule has 152 valence electrons. The minimum atomic E-state index is -0.0597. The molecule has 1 aliphatic heterocycles. The molecule has 0 spiro atoms. The number of anilines is 1. The van der Waals surface area contributed by atoms with Crippen molar-refractivity contribution < 1.29 is 9.53 Å². The average molecular weight is 448 g/mol. The number of morpholine rings is 1. The highest BCUT2D eigenvalue weighted by Crippen LogP contribution is 2.33. The van der Waals surface area contributed by atoms with Crippen LogP contribution in [0.2, 0.25) is 5.02 Å². The molecule has 29 heavy (non-hydrogen) atoms. The third-order valence-electron chi connectivity index (χ3n) is 4.75. The molecule has 1 fully saturated rings. The third-order valence-corrected chi connectivity index (χ3v) is 6.93. The number of carbonyl (C=O) groups excluding carboxylic acids is 1. The van der Waals surface area contributed by atoms with Crippen LogP contribution in [0.4, 0.5) is 5.13 Å². The molecule has 1 saturated heterocycles. The van der Waals surface area contributed by atoms with Gasteiger partial charge in [0.05, 0.1) is 22.9 Å². The van der Waals surface area contributed by atoms with E-state index in [9.17, 15) is 4.79 Å². The maximum Gasteiger partial charge on any atom is 0.252 e. The summed E-state index contributed by atoms with van der Waals surface area (Å²) in [6, 6.07) is 9.70. The van der Waals surface area contributed by atoms with Crippen molar-refractivity contribution in [2.24, 2.45) is 0 Å². The Labute approximate surface area is 183 Å². The Morgan fingerprint density at radius 2 is 2.14 bits per heavy atom. The number of thiophene rings is 1. The number of hydrogen-bond donors (Lipinski definition) is 0. The third kappa shape index (κ3) is 5.24. The molecule has 1 aromatic carbocycles. The van der Waals surface area contributed by atoms with Crippen LogP contribution < -0.4 is 4.90 Å². The van der Waals surface area contributed by atoms with Crippen LogP contribution >= 0.6 is 34.3 Å². The van der Waals surface area contributed by atoms with E-state index in [0.29, 0.717) is 16.7 Å². The van der Waals surface area contributed by atoms with Crippen molar-refractivity contribution in [1.29, 1.82) is 0 Å². The summed E-state index contributed by atoms with van der Waals surface area (Å²) < 4.78 is 6.40. The first-order valence-electron chi connectivity index (χ1n) is 9.59. The van der Waals surface area contributed by atoms with E-state index in [4.69, 9.17) is 16.3 Å². The van der Waals surface area contributed by atoms with E-state index < -0.39 is 0 Å². The van der Waals surface area contributed by atoms with E-state index >= 15 is 0 Å². The summed E-state index contributed by atoms with van der Waals surface area (Å²) in [7, 11) is 0. The number of ether oxygens (including phenoxy) is 1. The van der Waals surface area contributed by atoms with Crippen LogP contribution in [0, 0.1) is 0 Å². The Balaban J connectivity index is 1.51. The molecule has 1 aliphatic rings. The van der Waals surface area contributed by atoms with Crippen molar-refractivity contribution >= 4 is 61.6 Å². The predicted octanol–water partition coefficient (Wildman–Crippen LogP) is 4.78. The standard InChI is InChI=1S/C21H22ClN3O2S2/c22-17-5-1-6-18-20(17)23-21(29-18)25(10-3-9-24-11-13-27-14-12-24)19(26)8-7-16-4-2-15-28-16/h1-2,4-8,15H,3,9-14H2/b8-7+. The first kappa shape index (κ1) is 20.5. The van der Waals surface area contributed by atoms with Crippen LogP contribution in [-0.2, 0) is 9.53 Å². The highest BCUT2D eigenvalue weighted by atomic mass is 35.5. The largest absolute Gasteiger partial charge is 0.379 e. The van der Waals surface area contributed by atoms with Gasteiger partial charge in [-0.2, -0.15) is 0 Å². The number of amides is 1.